The van der Waals surface area contributed by atoms with E-state index in [0.717, 1.165) is 9.35 Å². The lowest BCUT2D eigenvalue weighted by Crippen LogP contribution is -2.51. The highest BCUT2D eigenvalue weighted by molar-refractivity contribution is 9.11. The molecule has 0 amide bonds. The third kappa shape index (κ3) is 3.20. The summed E-state index contributed by atoms with van der Waals surface area (Å²) in [6.07, 6.45) is -0.243. The molecule has 0 bridgehead atoms. The normalized spacial score (nSPS) is 23.5. The number of halogens is 1. The van der Waals surface area contributed by atoms with Crippen molar-refractivity contribution in [1.29, 1.82) is 0 Å². The molecule has 2 rings (SSSR count). The van der Waals surface area contributed by atoms with Crippen LogP contribution < -0.4 is 5.73 Å². The van der Waals surface area contributed by atoms with E-state index in [1.807, 2.05) is 13.8 Å². The van der Waals surface area contributed by atoms with Gasteiger partial charge < -0.3 is 10.5 Å². The van der Waals surface area contributed by atoms with Crippen LogP contribution in [0.3, 0.4) is 0 Å². The molecule has 2 heterocycles. The van der Waals surface area contributed by atoms with Crippen molar-refractivity contribution in [2.45, 2.75) is 30.2 Å². The van der Waals surface area contributed by atoms with Crippen molar-refractivity contribution in [3.8, 4) is 0 Å². The van der Waals surface area contributed by atoms with Gasteiger partial charge in [-0.05, 0) is 41.4 Å². The average Bonchev–Trinajstić information content (AvgIpc) is 2.70. The highest BCUT2D eigenvalue weighted by Gasteiger charge is 2.33. The summed E-state index contributed by atoms with van der Waals surface area (Å²) in [5, 5.41) is 0. The van der Waals surface area contributed by atoms with E-state index in [4.69, 9.17) is 10.5 Å². The molecular formula is C11H17BrN2O3S2. The van der Waals surface area contributed by atoms with Crippen molar-refractivity contribution in [3.05, 3.63) is 15.4 Å². The predicted molar refractivity (Wildman–Crippen MR) is 78.9 cm³/mol. The third-order valence-corrected chi connectivity index (χ3v) is 7.52. The fourth-order valence-corrected chi connectivity index (χ4v) is 5.69. The summed E-state index contributed by atoms with van der Waals surface area (Å²) < 4.78 is 33.2. The summed E-state index contributed by atoms with van der Waals surface area (Å²) in [7, 11) is -3.44. The Labute approximate surface area is 125 Å². The van der Waals surface area contributed by atoms with Crippen LogP contribution in [0.5, 0.6) is 0 Å². The molecule has 1 aromatic heterocycles. The van der Waals surface area contributed by atoms with Gasteiger partial charge in [0.2, 0.25) is 0 Å². The summed E-state index contributed by atoms with van der Waals surface area (Å²) in [6, 6.07) is 1.51. The summed E-state index contributed by atoms with van der Waals surface area (Å²) in [6.45, 7) is 4.78. The van der Waals surface area contributed by atoms with Gasteiger partial charge in [0.15, 0.2) is 0 Å². The van der Waals surface area contributed by atoms with E-state index in [1.165, 1.54) is 15.6 Å². The van der Waals surface area contributed by atoms with E-state index in [9.17, 15) is 8.42 Å². The molecule has 0 saturated carbocycles. The van der Waals surface area contributed by atoms with Crippen LogP contribution in [0.4, 0.5) is 0 Å². The number of thiophene rings is 1. The van der Waals surface area contributed by atoms with Crippen LogP contribution in [-0.4, -0.2) is 44.6 Å². The largest absolute Gasteiger partial charge is 0.374 e. The molecule has 2 unspecified atom stereocenters. The molecule has 0 radical (unpaired) electrons. The SMILES string of the molecule is Cc1cc(S(=O)(=O)N2CCOC(C(C)N)C2)sc1Br. The number of hydrogen-bond acceptors (Lipinski definition) is 5. The van der Waals surface area contributed by atoms with E-state index in [1.54, 1.807) is 6.07 Å². The van der Waals surface area contributed by atoms with Crippen LogP contribution in [0.1, 0.15) is 12.5 Å². The average molecular weight is 369 g/mol. The molecule has 1 aliphatic heterocycles. The number of nitrogens with two attached hydrogens (primary N) is 1. The lowest BCUT2D eigenvalue weighted by Gasteiger charge is -2.33. The molecule has 2 atom stereocenters. The van der Waals surface area contributed by atoms with E-state index in [0.29, 0.717) is 23.9 Å². The number of morpholine rings is 1. The molecule has 2 N–H and O–H groups in total. The number of rotatable bonds is 3. The molecule has 0 spiro atoms. The van der Waals surface area contributed by atoms with E-state index < -0.39 is 10.0 Å². The first-order chi connectivity index (χ1) is 8.82. The summed E-state index contributed by atoms with van der Waals surface area (Å²) in [5.41, 5.74) is 6.72. The predicted octanol–water partition coefficient (Wildman–Crippen LogP) is 1.56. The smallest absolute Gasteiger partial charge is 0.252 e. The van der Waals surface area contributed by atoms with Crippen LogP contribution >= 0.6 is 27.3 Å². The van der Waals surface area contributed by atoms with E-state index in [2.05, 4.69) is 15.9 Å². The summed E-state index contributed by atoms with van der Waals surface area (Å²) in [4.78, 5) is 0. The molecule has 8 heteroatoms. The van der Waals surface area contributed by atoms with Crippen molar-refractivity contribution < 1.29 is 13.2 Å². The molecule has 1 saturated heterocycles. The topological polar surface area (TPSA) is 72.6 Å². The first kappa shape index (κ1) is 15.4. The third-order valence-electron chi connectivity index (χ3n) is 3.07. The maximum Gasteiger partial charge on any atom is 0.252 e. The number of aryl methyl sites for hydroxylation is 1. The second kappa shape index (κ2) is 5.79. The first-order valence-electron chi connectivity index (χ1n) is 5.95. The van der Waals surface area contributed by atoms with Gasteiger partial charge in [-0.2, -0.15) is 4.31 Å². The maximum atomic E-state index is 12.5. The zero-order chi connectivity index (χ0) is 14.2. The zero-order valence-electron chi connectivity index (χ0n) is 10.8. The van der Waals surface area contributed by atoms with E-state index >= 15 is 0 Å². The van der Waals surface area contributed by atoms with Crippen LogP contribution in [0.15, 0.2) is 14.1 Å². The van der Waals surface area contributed by atoms with Crippen LogP contribution in [0.2, 0.25) is 0 Å². The molecule has 0 aliphatic carbocycles. The van der Waals surface area contributed by atoms with Crippen molar-refractivity contribution in [1.82, 2.24) is 4.31 Å². The second-order valence-corrected chi connectivity index (χ2v) is 9.19. The van der Waals surface area contributed by atoms with Crippen molar-refractivity contribution in [2.24, 2.45) is 5.73 Å². The molecule has 108 valence electrons. The standard InChI is InChI=1S/C11H17BrN2O3S2/c1-7-5-10(18-11(7)12)19(15,16)14-3-4-17-9(6-14)8(2)13/h5,8-9H,3-4,6,13H2,1-2H3. The summed E-state index contributed by atoms with van der Waals surface area (Å²) >= 11 is 4.60. The van der Waals surface area contributed by atoms with Gasteiger partial charge in [0.25, 0.3) is 10.0 Å². The first-order valence-corrected chi connectivity index (χ1v) is 9.00. The van der Waals surface area contributed by atoms with Gasteiger partial charge in [0.1, 0.15) is 4.21 Å². The number of ether oxygens (including phenoxy) is 1. The molecule has 5 nitrogen and oxygen atoms in total. The lowest BCUT2D eigenvalue weighted by atomic mass is 10.2. The molecule has 0 aromatic carbocycles. The van der Waals surface area contributed by atoms with Crippen molar-refractivity contribution >= 4 is 37.3 Å². The molecular weight excluding hydrogens is 352 g/mol. The molecule has 1 fully saturated rings. The minimum absolute atomic E-state index is 0.185. The van der Waals surface area contributed by atoms with Gasteiger partial charge in [-0.15, -0.1) is 11.3 Å². The van der Waals surface area contributed by atoms with Crippen molar-refractivity contribution in [2.75, 3.05) is 19.7 Å². The van der Waals surface area contributed by atoms with Crippen LogP contribution in [0.25, 0.3) is 0 Å². The Morgan fingerprint density at radius 3 is 2.84 bits per heavy atom. The Morgan fingerprint density at radius 2 is 2.32 bits per heavy atom. The van der Waals surface area contributed by atoms with Gasteiger partial charge in [0, 0.05) is 19.1 Å². The zero-order valence-corrected chi connectivity index (χ0v) is 14.0. The van der Waals surface area contributed by atoms with Gasteiger partial charge in [-0.3, -0.25) is 0 Å². The molecule has 1 aliphatic rings. The monoisotopic (exact) mass is 368 g/mol. The molecule has 19 heavy (non-hydrogen) atoms. The highest BCUT2D eigenvalue weighted by Crippen LogP contribution is 2.32. The van der Waals surface area contributed by atoms with Gasteiger partial charge in [0.05, 0.1) is 16.5 Å². The van der Waals surface area contributed by atoms with Crippen LogP contribution in [-0.2, 0) is 14.8 Å². The van der Waals surface area contributed by atoms with Crippen LogP contribution in [0, 0.1) is 6.92 Å². The fourth-order valence-electron chi connectivity index (χ4n) is 1.87. The van der Waals surface area contributed by atoms with E-state index in [-0.39, 0.29) is 12.1 Å². The van der Waals surface area contributed by atoms with Gasteiger partial charge in [-0.25, -0.2) is 8.42 Å². The minimum atomic E-state index is -3.44. The molecule has 1 aromatic rings. The Bertz CT molecular complexity index is 537. The van der Waals surface area contributed by atoms with Crippen molar-refractivity contribution in [3.63, 3.8) is 0 Å². The number of hydrogen-bond donors (Lipinski definition) is 1. The van der Waals surface area contributed by atoms with Gasteiger partial charge in [-0.1, -0.05) is 0 Å². The Balaban J connectivity index is 2.24. The fraction of sp³-hybridized carbons (Fsp3) is 0.636. The Kier molecular flexibility index (Phi) is 4.69. The number of sulfonamides is 1. The highest BCUT2D eigenvalue weighted by atomic mass is 79.9. The summed E-state index contributed by atoms with van der Waals surface area (Å²) in [5.74, 6) is 0. The lowest BCUT2D eigenvalue weighted by molar-refractivity contribution is -0.0119. The Morgan fingerprint density at radius 1 is 1.63 bits per heavy atom. The second-order valence-electron chi connectivity index (χ2n) is 4.65. The quantitative estimate of drug-likeness (QED) is 0.878. The minimum Gasteiger partial charge on any atom is -0.374 e. The number of nitrogens with zero attached hydrogens (tertiary/aromatic N) is 1. The van der Waals surface area contributed by atoms with Gasteiger partial charge >= 0.3 is 0 Å². The maximum absolute atomic E-state index is 12.5. The Hall–Kier alpha value is 0.01000.